The summed E-state index contributed by atoms with van der Waals surface area (Å²) in [7, 11) is 0.669. The summed E-state index contributed by atoms with van der Waals surface area (Å²) < 4.78 is 0. The SMILES string of the molecule is [c]1c(-c2ccccc2)[pH]c(-c2ccccc2)c1C1=CC=CC1. The van der Waals surface area contributed by atoms with Crippen molar-refractivity contribution in [2.45, 2.75) is 6.42 Å². The Morgan fingerprint density at radius 1 is 0.818 bits per heavy atom. The molecule has 1 aliphatic carbocycles. The maximum Gasteiger partial charge on any atom is 0.00732 e. The lowest BCUT2D eigenvalue weighted by Gasteiger charge is -2.05. The highest BCUT2D eigenvalue weighted by molar-refractivity contribution is 7.38. The van der Waals surface area contributed by atoms with Crippen molar-refractivity contribution < 1.29 is 0 Å². The Morgan fingerprint density at radius 3 is 2.14 bits per heavy atom. The first kappa shape index (κ1) is 13.4. The number of hydrogen-bond donors (Lipinski definition) is 0. The summed E-state index contributed by atoms with van der Waals surface area (Å²) in [5.74, 6) is 0. The second-order valence-electron chi connectivity index (χ2n) is 5.43. The summed E-state index contributed by atoms with van der Waals surface area (Å²) in [4.78, 5) is 0. The third-order valence-corrected chi connectivity index (χ3v) is 5.42. The van der Waals surface area contributed by atoms with E-state index in [-0.39, 0.29) is 0 Å². The van der Waals surface area contributed by atoms with Gasteiger partial charge in [-0.05, 0) is 28.7 Å². The van der Waals surface area contributed by atoms with Crippen molar-refractivity contribution in [3.63, 3.8) is 0 Å². The van der Waals surface area contributed by atoms with Gasteiger partial charge in [-0.15, -0.1) is 8.19 Å². The Balaban J connectivity index is 1.87. The molecule has 1 atom stereocenters. The molecule has 0 bridgehead atoms. The van der Waals surface area contributed by atoms with Crippen LogP contribution in [0.2, 0.25) is 0 Å². The number of hydrogen-bond acceptors (Lipinski definition) is 0. The van der Waals surface area contributed by atoms with E-state index in [9.17, 15) is 0 Å². The van der Waals surface area contributed by atoms with E-state index in [0.29, 0.717) is 8.19 Å². The van der Waals surface area contributed by atoms with Gasteiger partial charge >= 0.3 is 0 Å². The van der Waals surface area contributed by atoms with Crippen LogP contribution in [0.25, 0.3) is 27.3 Å². The van der Waals surface area contributed by atoms with Crippen molar-refractivity contribution in [3.05, 3.63) is 90.5 Å². The van der Waals surface area contributed by atoms with E-state index in [4.69, 9.17) is 0 Å². The standard InChI is InChI=1S/C21H16P/c1-3-11-17(12-4-1)20-15-19(16-9-7-8-10-16)21(22-20)18-13-5-2-6-14-18/h1-9,11-14,22H,10H2. The molecule has 22 heavy (non-hydrogen) atoms. The van der Waals surface area contributed by atoms with Crippen LogP contribution in [0.1, 0.15) is 12.0 Å². The molecule has 0 aliphatic heterocycles. The summed E-state index contributed by atoms with van der Waals surface area (Å²) in [6.45, 7) is 0. The van der Waals surface area contributed by atoms with E-state index in [1.54, 1.807) is 0 Å². The first-order chi connectivity index (χ1) is 10.9. The lowest BCUT2D eigenvalue weighted by atomic mass is 10.0. The monoisotopic (exact) mass is 299 g/mol. The Hall–Kier alpha value is -2.30. The molecule has 1 aliphatic rings. The largest absolute Gasteiger partial charge is 0.122 e. The fourth-order valence-electron chi connectivity index (χ4n) is 2.85. The summed E-state index contributed by atoms with van der Waals surface area (Å²) in [6.07, 6.45) is 7.61. The molecule has 0 amide bonds. The van der Waals surface area contributed by atoms with Crippen molar-refractivity contribution >= 4 is 13.8 Å². The molecule has 0 spiro atoms. The predicted molar refractivity (Wildman–Crippen MR) is 97.4 cm³/mol. The van der Waals surface area contributed by atoms with E-state index >= 15 is 0 Å². The van der Waals surface area contributed by atoms with Gasteiger partial charge in [0, 0.05) is 16.7 Å². The van der Waals surface area contributed by atoms with Crippen molar-refractivity contribution in [2.75, 3.05) is 0 Å². The van der Waals surface area contributed by atoms with Gasteiger partial charge in [0.15, 0.2) is 0 Å². The maximum absolute atomic E-state index is 3.70. The summed E-state index contributed by atoms with van der Waals surface area (Å²) in [6, 6.07) is 25.1. The normalized spacial score (nSPS) is 13.7. The zero-order chi connectivity index (χ0) is 14.8. The zero-order valence-electron chi connectivity index (χ0n) is 12.2. The van der Waals surface area contributed by atoms with Gasteiger partial charge < -0.3 is 0 Å². The Bertz CT molecular complexity index is 836. The highest BCUT2D eigenvalue weighted by atomic mass is 31.0. The predicted octanol–water partition coefficient (Wildman–Crippen LogP) is 6.20. The Kier molecular flexibility index (Phi) is 3.54. The molecule has 105 valence electrons. The van der Waals surface area contributed by atoms with E-state index in [0.717, 1.165) is 6.42 Å². The lowest BCUT2D eigenvalue weighted by molar-refractivity contribution is 1.45. The van der Waals surface area contributed by atoms with Crippen LogP contribution in [-0.4, -0.2) is 0 Å². The van der Waals surface area contributed by atoms with Crippen molar-refractivity contribution in [1.29, 1.82) is 0 Å². The molecule has 1 radical (unpaired) electrons. The smallest absolute Gasteiger partial charge is 0.00732 e. The van der Waals surface area contributed by atoms with Crippen LogP contribution in [0.15, 0.2) is 78.9 Å². The molecule has 1 unspecified atom stereocenters. The van der Waals surface area contributed by atoms with Gasteiger partial charge in [0.25, 0.3) is 0 Å². The van der Waals surface area contributed by atoms with E-state index in [1.807, 2.05) is 0 Å². The maximum atomic E-state index is 3.70. The topological polar surface area (TPSA) is 0 Å². The van der Waals surface area contributed by atoms with Gasteiger partial charge in [0.1, 0.15) is 0 Å². The van der Waals surface area contributed by atoms with Crippen LogP contribution >= 0.6 is 8.19 Å². The molecule has 0 saturated carbocycles. The summed E-state index contributed by atoms with van der Waals surface area (Å²) >= 11 is 0. The molecule has 3 aromatic rings. The highest BCUT2D eigenvalue weighted by Crippen LogP contribution is 2.45. The fraction of sp³-hybridized carbons (Fsp3) is 0.0476. The van der Waals surface area contributed by atoms with Gasteiger partial charge in [0.05, 0.1) is 0 Å². The van der Waals surface area contributed by atoms with E-state index < -0.39 is 0 Å². The fourth-order valence-corrected chi connectivity index (χ4v) is 4.26. The van der Waals surface area contributed by atoms with Crippen LogP contribution in [0.4, 0.5) is 0 Å². The molecular weight excluding hydrogens is 283 g/mol. The average Bonchev–Trinajstić information content (AvgIpc) is 3.26. The first-order valence-corrected chi connectivity index (χ1v) is 8.54. The van der Waals surface area contributed by atoms with Crippen molar-refractivity contribution in [3.8, 4) is 21.7 Å². The average molecular weight is 299 g/mol. The van der Waals surface area contributed by atoms with Crippen molar-refractivity contribution in [1.82, 2.24) is 0 Å². The van der Waals surface area contributed by atoms with Crippen LogP contribution < -0.4 is 0 Å². The minimum atomic E-state index is 0.669. The van der Waals surface area contributed by atoms with Crippen molar-refractivity contribution in [2.24, 2.45) is 0 Å². The molecule has 0 fully saturated rings. The Morgan fingerprint density at radius 2 is 1.50 bits per heavy atom. The molecule has 1 heterocycles. The number of benzene rings is 2. The van der Waals surface area contributed by atoms with Gasteiger partial charge in [-0.1, -0.05) is 78.9 Å². The lowest BCUT2D eigenvalue weighted by Crippen LogP contribution is -1.81. The third kappa shape index (κ3) is 2.47. The van der Waals surface area contributed by atoms with Crippen LogP contribution in [0.3, 0.4) is 0 Å². The molecule has 2 aromatic carbocycles. The van der Waals surface area contributed by atoms with Crippen LogP contribution in [-0.2, 0) is 0 Å². The van der Waals surface area contributed by atoms with Gasteiger partial charge in [-0.25, -0.2) is 0 Å². The molecule has 0 nitrogen and oxygen atoms in total. The van der Waals surface area contributed by atoms with Crippen LogP contribution in [0, 0.1) is 6.07 Å². The highest BCUT2D eigenvalue weighted by Gasteiger charge is 2.15. The van der Waals surface area contributed by atoms with Crippen LogP contribution in [0.5, 0.6) is 0 Å². The Labute approximate surface area is 132 Å². The first-order valence-electron chi connectivity index (χ1n) is 7.54. The number of allylic oxidation sites excluding steroid dienone is 4. The molecular formula is C21H16P. The van der Waals surface area contributed by atoms with Gasteiger partial charge in [-0.2, -0.15) is 0 Å². The molecule has 0 N–H and O–H groups in total. The third-order valence-electron chi connectivity index (χ3n) is 3.97. The summed E-state index contributed by atoms with van der Waals surface area (Å²) in [5.41, 5.74) is 5.29. The molecule has 0 saturated heterocycles. The second-order valence-corrected chi connectivity index (χ2v) is 6.68. The molecule has 1 aromatic heterocycles. The molecule has 4 rings (SSSR count). The van der Waals surface area contributed by atoms with E-state index in [2.05, 4.69) is 85.0 Å². The minimum Gasteiger partial charge on any atom is -0.122 e. The van der Waals surface area contributed by atoms with Gasteiger partial charge in [-0.3, -0.25) is 0 Å². The zero-order valence-corrected chi connectivity index (χ0v) is 13.2. The van der Waals surface area contributed by atoms with E-state index in [1.165, 1.54) is 32.9 Å². The quantitative estimate of drug-likeness (QED) is 0.540. The number of rotatable bonds is 3. The second kappa shape index (κ2) is 5.83. The molecule has 1 heteroatoms. The van der Waals surface area contributed by atoms with Gasteiger partial charge in [0.2, 0.25) is 0 Å². The minimum absolute atomic E-state index is 0.669. The summed E-state index contributed by atoms with van der Waals surface area (Å²) in [5, 5.41) is 2.75.